The molecule has 0 unspecified atom stereocenters. The minimum absolute atomic E-state index is 0.605. The number of hydrogen-bond acceptors (Lipinski definition) is 3. The molecular weight excluding hydrogens is 741 g/mol. The van der Waals surface area contributed by atoms with E-state index in [1.807, 2.05) is 24.3 Å². The van der Waals surface area contributed by atoms with Crippen LogP contribution in [0.15, 0.2) is 235 Å². The number of para-hydroxylation sites is 2. The predicted octanol–water partition coefficient (Wildman–Crippen LogP) is 15.7. The molecule has 0 radical (unpaired) electrons. The Morgan fingerprint density at radius 2 is 0.656 bits per heavy atom. The van der Waals surface area contributed by atoms with E-state index >= 15 is 0 Å². The number of aromatic nitrogens is 2. The van der Waals surface area contributed by atoms with Gasteiger partial charge in [-0.15, -0.1) is 0 Å². The minimum atomic E-state index is 0.605. The predicted molar refractivity (Wildman–Crippen MR) is 253 cm³/mol. The molecule has 61 heavy (non-hydrogen) atoms. The van der Waals surface area contributed by atoms with E-state index in [0.29, 0.717) is 5.82 Å². The first kappa shape index (κ1) is 36.0. The quantitative estimate of drug-likeness (QED) is 0.154. The normalized spacial score (nSPS) is 11.3. The van der Waals surface area contributed by atoms with Crippen LogP contribution in [-0.4, -0.2) is 9.97 Å². The molecular formula is C58H38N2O. The molecule has 0 N–H and O–H groups in total. The first-order valence-corrected chi connectivity index (χ1v) is 20.6. The Bertz CT molecular complexity index is 3230. The number of benzene rings is 9. The van der Waals surface area contributed by atoms with E-state index in [-0.39, 0.29) is 0 Å². The van der Waals surface area contributed by atoms with Crippen LogP contribution in [0.5, 0.6) is 0 Å². The Morgan fingerprint density at radius 3 is 1.25 bits per heavy atom. The maximum atomic E-state index is 6.56. The Hall–Kier alpha value is -8.14. The van der Waals surface area contributed by atoms with Crippen LogP contribution in [0.2, 0.25) is 0 Å². The zero-order valence-electron chi connectivity index (χ0n) is 33.2. The average Bonchev–Trinajstić information content (AvgIpc) is 3.74. The average molecular weight is 779 g/mol. The van der Waals surface area contributed by atoms with E-state index in [1.54, 1.807) is 0 Å². The zero-order valence-corrected chi connectivity index (χ0v) is 33.2. The van der Waals surface area contributed by atoms with Gasteiger partial charge in [0.1, 0.15) is 11.2 Å². The van der Waals surface area contributed by atoms with Gasteiger partial charge >= 0.3 is 0 Å². The van der Waals surface area contributed by atoms with Crippen molar-refractivity contribution in [3.05, 3.63) is 231 Å². The van der Waals surface area contributed by atoms with Gasteiger partial charge < -0.3 is 4.42 Å². The molecule has 3 heteroatoms. The largest absolute Gasteiger partial charge is 0.455 e. The highest BCUT2D eigenvalue weighted by Crippen LogP contribution is 2.39. The first-order chi connectivity index (χ1) is 30.2. The Kier molecular flexibility index (Phi) is 9.18. The van der Waals surface area contributed by atoms with Crippen LogP contribution in [0.1, 0.15) is 0 Å². The molecule has 0 amide bonds. The Labute approximate surface area is 354 Å². The molecule has 0 aliphatic rings. The molecule has 0 saturated heterocycles. The number of fused-ring (bicyclic) bond motifs is 3. The van der Waals surface area contributed by atoms with Crippen LogP contribution >= 0.6 is 0 Å². The lowest BCUT2D eigenvalue weighted by molar-refractivity contribution is 0.669. The second-order valence-corrected chi connectivity index (χ2v) is 15.4. The maximum absolute atomic E-state index is 6.56. The highest BCUT2D eigenvalue weighted by molar-refractivity contribution is 6.09. The number of rotatable bonds is 8. The van der Waals surface area contributed by atoms with Crippen molar-refractivity contribution in [1.29, 1.82) is 0 Å². The Balaban J connectivity index is 1.12. The molecule has 0 saturated carbocycles. The van der Waals surface area contributed by atoms with Gasteiger partial charge in [0, 0.05) is 21.9 Å². The van der Waals surface area contributed by atoms with Gasteiger partial charge in [-0.1, -0.05) is 182 Å². The molecule has 0 atom stereocenters. The van der Waals surface area contributed by atoms with E-state index < -0.39 is 0 Å². The van der Waals surface area contributed by atoms with E-state index in [4.69, 9.17) is 14.4 Å². The van der Waals surface area contributed by atoms with E-state index in [2.05, 4.69) is 206 Å². The van der Waals surface area contributed by atoms with Crippen molar-refractivity contribution < 1.29 is 4.42 Å². The standard InChI is InChI=1S/C58H38N2O/c1-4-15-39(16-5-1)42-29-31-43(32-30-42)54-38-55(60-58(59-54)53-27-14-26-52-51-25-10-11-28-56(51)61-57(52)53)50-36-48(46-23-12-21-44(33-46)40-17-6-2-7-18-40)35-49(37-50)47-24-13-22-45(34-47)41-19-8-3-9-20-41/h1-38H. The summed E-state index contributed by atoms with van der Waals surface area (Å²) >= 11 is 0. The highest BCUT2D eigenvalue weighted by atomic mass is 16.3. The van der Waals surface area contributed by atoms with Gasteiger partial charge in [-0.05, 0) is 104 Å². The van der Waals surface area contributed by atoms with Gasteiger partial charge in [0.15, 0.2) is 5.82 Å². The molecule has 11 aromatic rings. The van der Waals surface area contributed by atoms with Crippen LogP contribution in [0.3, 0.4) is 0 Å². The SMILES string of the molecule is c1ccc(-c2ccc(-c3cc(-c4cc(-c5cccc(-c6ccccc6)c5)cc(-c5cccc(-c6ccccc6)c5)c4)nc(-c4cccc5c4oc4ccccc45)n3)cc2)cc1. The van der Waals surface area contributed by atoms with E-state index in [1.165, 1.54) is 27.8 Å². The van der Waals surface area contributed by atoms with Crippen LogP contribution in [0.4, 0.5) is 0 Å². The lowest BCUT2D eigenvalue weighted by Gasteiger charge is -2.14. The van der Waals surface area contributed by atoms with Gasteiger partial charge in [-0.2, -0.15) is 0 Å². The molecule has 0 aliphatic carbocycles. The molecule has 286 valence electrons. The summed E-state index contributed by atoms with van der Waals surface area (Å²) in [6.45, 7) is 0. The van der Waals surface area contributed by atoms with E-state index in [9.17, 15) is 0 Å². The van der Waals surface area contributed by atoms with Gasteiger partial charge in [-0.3, -0.25) is 0 Å². The molecule has 2 heterocycles. The fourth-order valence-electron chi connectivity index (χ4n) is 8.38. The smallest absolute Gasteiger partial charge is 0.164 e. The summed E-state index contributed by atoms with van der Waals surface area (Å²) in [5.41, 5.74) is 17.6. The second-order valence-electron chi connectivity index (χ2n) is 15.4. The molecule has 3 nitrogen and oxygen atoms in total. The highest BCUT2D eigenvalue weighted by Gasteiger charge is 2.18. The van der Waals surface area contributed by atoms with Crippen LogP contribution in [0, 0.1) is 0 Å². The number of furan rings is 1. The summed E-state index contributed by atoms with van der Waals surface area (Å²) in [6, 6.07) is 81.3. The topological polar surface area (TPSA) is 38.9 Å². The third-order valence-corrected chi connectivity index (χ3v) is 11.5. The van der Waals surface area contributed by atoms with E-state index in [0.717, 1.165) is 77.8 Å². The van der Waals surface area contributed by atoms with Crippen molar-refractivity contribution in [3.63, 3.8) is 0 Å². The van der Waals surface area contributed by atoms with Crippen molar-refractivity contribution >= 4 is 21.9 Å². The fraction of sp³-hybridized carbons (Fsp3) is 0. The van der Waals surface area contributed by atoms with Crippen molar-refractivity contribution in [3.8, 4) is 89.5 Å². The monoisotopic (exact) mass is 778 g/mol. The van der Waals surface area contributed by atoms with Crippen molar-refractivity contribution in [1.82, 2.24) is 9.97 Å². The maximum Gasteiger partial charge on any atom is 0.164 e. The zero-order chi connectivity index (χ0) is 40.5. The minimum Gasteiger partial charge on any atom is -0.455 e. The molecule has 0 spiro atoms. The van der Waals surface area contributed by atoms with Crippen molar-refractivity contribution in [2.24, 2.45) is 0 Å². The summed E-state index contributed by atoms with van der Waals surface area (Å²) in [4.78, 5) is 10.7. The summed E-state index contributed by atoms with van der Waals surface area (Å²) in [5.74, 6) is 0.605. The summed E-state index contributed by atoms with van der Waals surface area (Å²) < 4.78 is 6.56. The molecule has 0 fully saturated rings. The lowest BCUT2D eigenvalue weighted by atomic mass is 9.92. The number of hydrogen-bond donors (Lipinski definition) is 0. The summed E-state index contributed by atoms with van der Waals surface area (Å²) in [7, 11) is 0. The third kappa shape index (κ3) is 7.09. The summed E-state index contributed by atoms with van der Waals surface area (Å²) in [5, 5.41) is 2.11. The van der Waals surface area contributed by atoms with Gasteiger partial charge in [0.2, 0.25) is 0 Å². The first-order valence-electron chi connectivity index (χ1n) is 20.6. The lowest BCUT2D eigenvalue weighted by Crippen LogP contribution is -1.97. The summed E-state index contributed by atoms with van der Waals surface area (Å²) in [6.07, 6.45) is 0. The van der Waals surface area contributed by atoms with Crippen LogP contribution in [-0.2, 0) is 0 Å². The van der Waals surface area contributed by atoms with Crippen LogP contribution < -0.4 is 0 Å². The van der Waals surface area contributed by atoms with Gasteiger partial charge in [0.25, 0.3) is 0 Å². The molecule has 0 bridgehead atoms. The third-order valence-electron chi connectivity index (χ3n) is 11.5. The van der Waals surface area contributed by atoms with Gasteiger partial charge in [0.05, 0.1) is 17.0 Å². The van der Waals surface area contributed by atoms with Gasteiger partial charge in [-0.25, -0.2) is 9.97 Å². The molecule has 0 aliphatic heterocycles. The fourth-order valence-corrected chi connectivity index (χ4v) is 8.38. The van der Waals surface area contributed by atoms with Crippen LogP contribution in [0.25, 0.3) is 111 Å². The molecule has 9 aromatic carbocycles. The molecule has 11 rings (SSSR count). The molecule has 2 aromatic heterocycles. The second kappa shape index (κ2) is 15.6. The number of nitrogens with zero attached hydrogens (tertiary/aromatic N) is 2. The van der Waals surface area contributed by atoms with Crippen molar-refractivity contribution in [2.75, 3.05) is 0 Å². The Morgan fingerprint density at radius 1 is 0.262 bits per heavy atom. The van der Waals surface area contributed by atoms with Crippen molar-refractivity contribution in [2.45, 2.75) is 0 Å².